The van der Waals surface area contributed by atoms with Crippen LogP contribution in [-0.2, 0) is 4.79 Å². The van der Waals surface area contributed by atoms with Crippen LogP contribution in [0.25, 0.3) is 0 Å². The molecule has 0 radical (unpaired) electrons. The topological polar surface area (TPSA) is 20.3 Å². The maximum atomic E-state index is 12.4. The van der Waals surface area contributed by atoms with E-state index in [9.17, 15) is 4.79 Å². The van der Waals surface area contributed by atoms with Crippen molar-refractivity contribution in [2.24, 2.45) is 5.41 Å². The zero-order valence-corrected chi connectivity index (χ0v) is 15.6. The second kappa shape index (κ2) is 7.51. The van der Waals surface area contributed by atoms with Gasteiger partial charge in [0.05, 0.1) is 0 Å². The molecule has 1 fully saturated rings. The largest absolute Gasteiger partial charge is 0.343 e. The van der Waals surface area contributed by atoms with Crippen molar-refractivity contribution >= 4 is 5.91 Å². The zero-order valence-electron chi connectivity index (χ0n) is 15.6. The Balaban J connectivity index is 1.95. The van der Waals surface area contributed by atoms with Crippen molar-refractivity contribution in [3.63, 3.8) is 0 Å². The van der Waals surface area contributed by atoms with E-state index in [1.165, 1.54) is 17.5 Å². The molecule has 0 spiro atoms. The summed E-state index contributed by atoms with van der Waals surface area (Å²) in [6.45, 7) is 12.8. The fraction of sp³-hybridized carbons (Fsp3) is 0.667. The number of carbonyl (C=O) groups is 1. The third-order valence-corrected chi connectivity index (χ3v) is 5.09. The summed E-state index contributed by atoms with van der Waals surface area (Å²) in [7, 11) is 0. The molecule has 23 heavy (non-hydrogen) atoms. The summed E-state index contributed by atoms with van der Waals surface area (Å²) in [5.41, 5.74) is 3.00. The molecule has 0 bridgehead atoms. The Labute approximate surface area is 142 Å². The van der Waals surface area contributed by atoms with Crippen LogP contribution in [0.4, 0.5) is 0 Å². The number of nitrogens with zero attached hydrogens (tertiary/aromatic N) is 1. The molecule has 0 saturated carbocycles. The highest BCUT2D eigenvalue weighted by molar-refractivity contribution is 5.76. The maximum Gasteiger partial charge on any atom is 0.223 e. The quantitative estimate of drug-likeness (QED) is 0.734. The van der Waals surface area contributed by atoms with Gasteiger partial charge in [0, 0.05) is 19.5 Å². The van der Waals surface area contributed by atoms with Crippen LogP contribution in [0.2, 0.25) is 0 Å². The van der Waals surface area contributed by atoms with E-state index in [0.29, 0.717) is 24.2 Å². The summed E-state index contributed by atoms with van der Waals surface area (Å²) in [4.78, 5) is 14.4. The number of likely N-dealkylation sites (tertiary alicyclic amines) is 1. The van der Waals surface area contributed by atoms with E-state index in [1.54, 1.807) is 0 Å². The molecule has 1 aromatic carbocycles. The second-order valence-corrected chi connectivity index (χ2v) is 8.37. The average molecular weight is 316 g/mol. The van der Waals surface area contributed by atoms with Crippen LogP contribution in [-0.4, -0.2) is 23.9 Å². The van der Waals surface area contributed by atoms with Crippen molar-refractivity contribution in [3.05, 3.63) is 35.4 Å². The number of benzene rings is 1. The van der Waals surface area contributed by atoms with Gasteiger partial charge in [0.15, 0.2) is 0 Å². The van der Waals surface area contributed by atoms with Crippen LogP contribution >= 0.6 is 0 Å². The number of hydrogen-bond donors (Lipinski definition) is 0. The van der Waals surface area contributed by atoms with Crippen LogP contribution < -0.4 is 0 Å². The Kier molecular flexibility index (Phi) is 5.89. The fourth-order valence-electron chi connectivity index (χ4n) is 3.38. The lowest BCUT2D eigenvalue weighted by Crippen LogP contribution is -2.39. The highest BCUT2D eigenvalue weighted by Crippen LogP contribution is 2.31. The lowest BCUT2D eigenvalue weighted by atomic mass is 9.86. The number of hydrogen-bond acceptors (Lipinski definition) is 1. The van der Waals surface area contributed by atoms with Gasteiger partial charge >= 0.3 is 0 Å². The van der Waals surface area contributed by atoms with Gasteiger partial charge in [-0.2, -0.15) is 0 Å². The minimum absolute atomic E-state index is 0.0819. The Bertz CT molecular complexity index is 521. The lowest BCUT2D eigenvalue weighted by molar-refractivity contribution is -0.134. The van der Waals surface area contributed by atoms with Gasteiger partial charge in [-0.05, 0) is 47.6 Å². The third kappa shape index (κ3) is 5.09. The van der Waals surface area contributed by atoms with Gasteiger partial charge in [-0.15, -0.1) is 0 Å². The molecular formula is C21H33NO. The first-order valence-electron chi connectivity index (χ1n) is 9.18. The highest BCUT2D eigenvalue weighted by Gasteiger charge is 2.26. The molecule has 1 heterocycles. The van der Waals surface area contributed by atoms with Gasteiger partial charge in [-0.1, -0.05) is 58.9 Å². The number of amides is 1. The molecule has 0 N–H and O–H groups in total. The molecule has 1 saturated heterocycles. The molecular weight excluding hydrogens is 282 g/mol. The monoisotopic (exact) mass is 315 g/mol. The Morgan fingerprint density at radius 1 is 1.26 bits per heavy atom. The first-order chi connectivity index (χ1) is 10.8. The van der Waals surface area contributed by atoms with Gasteiger partial charge in [0.1, 0.15) is 0 Å². The summed E-state index contributed by atoms with van der Waals surface area (Å²) in [6.07, 6.45) is 4.03. The van der Waals surface area contributed by atoms with E-state index in [-0.39, 0.29) is 5.41 Å². The molecule has 128 valence electrons. The molecule has 2 nitrogen and oxygen atoms in total. The average Bonchev–Trinajstić information content (AvgIpc) is 2.53. The molecule has 1 atom stereocenters. The van der Waals surface area contributed by atoms with Crippen LogP contribution in [0.1, 0.15) is 83.3 Å². The predicted molar refractivity (Wildman–Crippen MR) is 97.8 cm³/mol. The van der Waals surface area contributed by atoms with E-state index >= 15 is 0 Å². The first kappa shape index (κ1) is 18.0. The molecule has 0 aromatic heterocycles. The van der Waals surface area contributed by atoms with Crippen LogP contribution in [0.15, 0.2) is 24.3 Å². The van der Waals surface area contributed by atoms with Crippen LogP contribution in [0, 0.1) is 5.41 Å². The molecule has 1 amide bonds. The van der Waals surface area contributed by atoms with Gasteiger partial charge in [0.2, 0.25) is 5.91 Å². The van der Waals surface area contributed by atoms with E-state index in [1.807, 2.05) is 0 Å². The second-order valence-electron chi connectivity index (χ2n) is 8.37. The van der Waals surface area contributed by atoms with Gasteiger partial charge < -0.3 is 4.90 Å². The predicted octanol–water partition coefficient (Wildman–Crippen LogP) is 5.34. The normalized spacial score (nSPS) is 18.0. The van der Waals surface area contributed by atoms with E-state index in [4.69, 9.17) is 0 Å². The summed E-state index contributed by atoms with van der Waals surface area (Å²) in [5, 5.41) is 0. The van der Waals surface area contributed by atoms with E-state index in [0.717, 1.165) is 25.9 Å². The zero-order chi connectivity index (χ0) is 17.0. The summed E-state index contributed by atoms with van der Waals surface area (Å²) in [6, 6.07) is 9.11. The van der Waals surface area contributed by atoms with Crippen molar-refractivity contribution in [1.82, 2.24) is 4.90 Å². The standard InChI is InChI=1S/C21H33NO/c1-6-16(2)18-8-7-9-19(14-18)17-10-12-22(13-11-17)20(23)15-21(3,4)5/h7-9,14,16-17H,6,10-13,15H2,1-5H3. The van der Waals surface area contributed by atoms with Crippen molar-refractivity contribution in [2.75, 3.05) is 13.1 Å². The molecule has 1 aliphatic rings. The summed E-state index contributed by atoms with van der Waals surface area (Å²) >= 11 is 0. The Hall–Kier alpha value is -1.31. The summed E-state index contributed by atoms with van der Waals surface area (Å²) in [5.74, 6) is 1.56. The number of rotatable bonds is 4. The van der Waals surface area contributed by atoms with E-state index < -0.39 is 0 Å². The molecule has 1 unspecified atom stereocenters. The van der Waals surface area contributed by atoms with Crippen LogP contribution in [0.5, 0.6) is 0 Å². The SMILES string of the molecule is CCC(C)c1cccc(C2CCN(C(=O)CC(C)(C)C)CC2)c1. The minimum atomic E-state index is 0.0819. The Morgan fingerprint density at radius 2 is 1.91 bits per heavy atom. The van der Waals surface area contributed by atoms with Gasteiger partial charge in [-0.25, -0.2) is 0 Å². The van der Waals surface area contributed by atoms with Gasteiger partial charge in [0.25, 0.3) is 0 Å². The molecule has 1 aliphatic heterocycles. The summed E-state index contributed by atoms with van der Waals surface area (Å²) < 4.78 is 0. The number of carbonyl (C=O) groups excluding carboxylic acids is 1. The highest BCUT2D eigenvalue weighted by atomic mass is 16.2. The fourth-order valence-corrected chi connectivity index (χ4v) is 3.38. The van der Waals surface area contributed by atoms with Crippen LogP contribution in [0.3, 0.4) is 0 Å². The van der Waals surface area contributed by atoms with Gasteiger partial charge in [-0.3, -0.25) is 4.79 Å². The number of piperidine rings is 1. The minimum Gasteiger partial charge on any atom is -0.343 e. The molecule has 0 aliphatic carbocycles. The maximum absolute atomic E-state index is 12.4. The lowest BCUT2D eigenvalue weighted by Gasteiger charge is -2.34. The van der Waals surface area contributed by atoms with Crippen molar-refractivity contribution in [3.8, 4) is 0 Å². The molecule has 2 rings (SSSR count). The Morgan fingerprint density at radius 3 is 2.48 bits per heavy atom. The smallest absolute Gasteiger partial charge is 0.223 e. The third-order valence-electron chi connectivity index (χ3n) is 5.09. The van der Waals surface area contributed by atoms with Crippen molar-refractivity contribution in [2.45, 2.75) is 72.1 Å². The first-order valence-corrected chi connectivity index (χ1v) is 9.18. The molecule has 1 aromatic rings. The van der Waals surface area contributed by atoms with Crippen molar-refractivity contribution < 1.29 is 4.79 Å². The molecule has 2 heteroatoms. The van der Waals surface area contributed by atoms with Crippen molar-refractivity contribution in [1.29, 1.82) is 0 Å². The van der Waals surface area contributed by atoms with E-state index in [2.05, 4.69) is 63.8 Å².